The van der Waals surface area contributed by atoms with Gasteiger partial charge in [0.1, 0.15) is 5.82 Å². The molecule has 0 unspecified atom stereocenters. The molecule has 1 amide bonds. The first kappa shape index (κ1) is 12.0. The molecule has 0 aromatic heterocycles. The van der Waals surface area contributed by atoms with Crippen molar-refractivity contribution in [1.82, 2.24) is 10.2 Å². The summed E-state index contributed by atoms with van der Waals surface area (Å²) in [6, 6.07) is 5.84. The number of hydrogen-bond donors (Lipinski definition) is 1. The van der Waals surface area contributed by atoms with Crippen molar-refractivity contribution in [2.75, 3.05) is 20.1 Å². The fourth-order valence-electron chi connectivity index (χ4n) is 2.15. The van der Waals surface area contributed by atoms with E-state index in [-0.39, 0.29) is 17.8 Å². The summed E-state index contributed by atoms with van der Waals surface area (Å²) < 4.78 is 12.7. The molecule has 1 aliphatic heterocycles. The second kappa shape index (κ2) is 5.27. The second-order valence-corrected chi connectivity index (χ2v) is 4.58. The van der Waals surface area contributed by atoms with Gasteiger partial charge in [0.2, 0.25) is 0 Å². The van der Waals surface area contributed by atoms with Gasteiger partial charge in [-0.05, 0) is 50.7 Å². The monoisotopic (exact) mass is 236 g/mol. The first-order valence-corrected chi connectivity index (χ1v) is 5.90. The van der Waals surface area contributed by atoms with Gasteiger partial charge in [0, 0.05) is 18.2 Å². The molecule has 1 aromatic rings. The molecule has 4 heteroatoms. The molecule has 3 nitrogen and oxygen atoms in total. The van der Waals surface area contributed by atoms with Gasteiger partial charge in [-0.1, -0.05) is 0 Å². The van der Waals surface area contributed by atoms with E-state index in [0.717, 1.165) is 25.9 Å². The maximum Gasteiger partial charge on any atom is 0.251 e. The zero-order valence-electron chi connectivity index (χ0n) is 9.95. The van der Waals surface area contributed by atoms with Crippen LogP contribution in [-0.4, -0.2) is 37.0 Å². The van der Waals surface area contributed by atoms with Crippen molar-refractivity contribution in [3.05, 3.63) is 35.6 Å². The summed E-state index contributed by atoms with van der Waals surface area (Å²) in [7, 11) is 2.05. The van der Waals surface area contributed by atoms with E-state index in [4.69, 9.17) is 0 Å². The Bertz CT molecular complexity index is 391. The minimum absolute atomic E-state index is 0.120. The number of likely N-dealkylation sites (tertiary alicyclic amines) is 1. The van der Waals surface area contributed by atoms with Crippen molar-refractivity contribution in [2.24, 2.45) is 0 Å². The number of likely N-dealkylation sites (N-methyl/N-ethyl adjacent to an activating group) is 1. The average Bonchev–Trinajstić information content (AvgIpc) is 2.29. The van der Waals surface area contributed by atoms with Crippen molar-refractivity contribution in [3.8, 4) is 0 Å². The summed E-state index contributed by atoms with van der Waals surface area (Å²) in [4.78, 5) is 14.1. The molecule has 0 saturated carbocycles. The second-order valence-electron chi connectivity index (χ2n) is 4.58. The van der Waals surface area contributed by atoms with Gasteiger partial charge in [0.25, 0.3) is 5.91 Å². The van der Waals surface area contributed by atoms with E-state index in [1.165, 1.54) is 24.3 Å². The largest absolute Gasteiger partial charge is 0.348 e. The first-order chi connectivity index (χ1) is 8.15. The molecule has 2 rings (SSSR count). The maximum absolute atomic E-state index is 12.7. The van der Waals surface area contributed by atoms with Crippen LogP contribution in [0.5, 0.6) is 0 Å². The lowest BCUT2D eigenvalue weighted by Crippen LogP contribution is -2.46. The Labute approximate surface area is 101 Å². The molecule has 1 N–H and O–H groups in total. The van der Waals surface area contributed by atoms with Gasteiger partial charge < -0.3 is 10.2 Å². The standard InChI is InChI=1S/C13H17FN2O/c1-16-8-2-3-12(9-16)15-13(17)10-4-6-11(14)7-5-10/h4-7,12H,2-3,8-9H2,1H3,(H,15,17)/t12-/m1/s1. The predicted octanol–water partition coefficient (Wildman–Crippen LogP) is 1.65. The zero-order chi connectivity index (χ0) is 12.3. The SMILES string of the molecule is CN1CCC[C@@H](NC(=O)c2ccc(F)cc2)C1. The average molecular weight is 236 g/mol. The number of piperidine rings is 1. The third kappa shape index (κ3) is 3.27. The fourth-order valence-corrected chi connectivity index (χ4v) is 2.15. The predicted molar refractivity (Wildman–Crippen MR) is 64.4 cm³/mol. The van der Waals surface area contributed by atoms with E-state index in [1.54, 1.807) is 0 Å². The molecule has 1 aliphatic rings. The number of carbonyl (C=O) groups is 1. The van der Waals surface area contributed by atoms with Crippen molar-refractivity contribution < 1.29 is 9.18 Å². The Morgan fingerprint density at radius 3 is 2.76 bits per heavy atom. The van der Waals surface area contributed by atoms with Gasteiger partial charge in [0.15, 0.2) is 0 Å². The van der Waals surface area contributed by atoms with Crippen molar-refractivity contribution >= 4 is 5.91 Å². The van der Waals surface area contributed by atoms with Crippen LogP contribution < -0.4 is 5.32 Å². The number of halogens is 1. The third-order valence-electron chi connectivity index (χ3n) is 3.07. The van der Waals surface area contributed by atoms with Gasteiger partial charge >= 0.3 is 0 Å². The molecule has 0 bridgehead atoms. The van der Waals surface area contributed by atoms with Crippen LogP contribution in [0, 0.1) is 5.82 Å². The number of nitrogens with one attached hydrogen (secondary N) is 1. The number of amides is 1. The first-order valence-electron chi connectivity index (χ1n) is 5.90. The van der Waals surface area contributed by atoms with E-state index >= 15 is 0 Å². The number of nitrogens with zero attached hydrogens (tertiary/aromatic N) is 1. The third-order valence-corrected chi connectivity index (χ3v) is 3.07. The van der Waals surface area contributed by atoms with E-state index in [0.29, 0.717) is 5.56 Å². The highest BCUT2D eigenvalue weighted by Gasteiger charge is 2.19. The van der Waals surface area contributed by atoms with Crippen LogP contribution >= 0.6 is 0 Å². The summed E-state index contributed by atoms with van der Waals surface area (Å²) in [6.45, 7) is 1.97. The minimum Gasteiger partial charge on any atom is -0.348 e. The van der Waals surface area contributed by atoms with Gasteiger partial charge in [-0.15, -0.1) is 0 Å². The molecule has 0 aliphatic carbocycles. The van der Waals surface area contributed by atoms with E-state index < -0.39 is 0 Å². The lowest BCUT2D eigenvalue weighted by atomic mass is 10.1. The number of carbonyl (C=O) groups excluding carboxylic acids is 1. The molecule has 0 radical (unpaired) electrons. The Morgan fingerprint density at radius 2 is 2.12 bits per heavy atom. The molecular weight excluding hydrogens is 219 g/mol. The normalized spacial score (nSPS) is 21.2. The smallest absolute Gasteiger partial charge is 0.251 e. The van der Waals surface area contributed by atoms with Crippen molar-refractivity contribution in [1.29, 1.82) is 0 Å². The zero-order valence-corrected chi connectivity index (χ0v) is 9.95. The quantitative estimate of drug-likeness (QED) is 0.846. The van der Waals surface area contributed by atoms with Crippen molar-refractivity contribution in [2.45, 2.75) is 18.9 Å². The van der Waals surface area contributed by atoms with Crippen LogP contribution in [0.3, 0.4) is 0 Å². The van der Waals surface area contributed by atoms with Crippen LogP contribution in [0.15, 0.2) is 24.3 Å². The summed E-state index contributed by atoms with van der Waals surface area (Å²) >= 11 is 0. The van der Waals surface area contributed by atoms with Crippen molar-refractivity contribution in [3.63, 3.8) is 0 Å². The van der Waals surface area contributed by atoms with Gasteiger partial charge in [-0.25, -0.2) is 4.39 Å². The summed E-state index contributed by atoms with van der Waals surface area (Å²) in [5.74, 6) is -0.441. The lowest BCUT2D eigenvalue weighted by Gasteiger charge is -2.30. The molecule has 1 atom stereocenters. The van der Waals surface area contributed by atoms with E-state index in [2.05, 4.69) is 17.3 Å². The topological polar surface area (TPSA) is 32.3 Å². The number of rotatable bonds is 2. The summed E-state index contributed by atoms with van der Waals surface area (Å²) in [5, 5.41) is 2.98. The molecule has 92 valence electrons. The molecule has 0 spiro atoms. The van der Waals surface area contributed by atoms with Gasteiger partial charge in [-0.2, -0.15) is 0 Å². The number of hydrogen-bond acceptors (Lipinski definition) is 2. The molecule has 1 fully saturated rings. The van der Waals surface area contributed by atoms with E-state index in [1.807, 2.05) is 0 Å². The fraction of sp³-hybridized carbons (Fsp3) is 0.462. The van der Waals surface area contributed by atoms with Crippen LogP contribution in [-0.2, 0) is 0 Å². The van der Waals surface area contributed by atoms with Crippen LogP contribution in [0.25, 0.3) is 0 Å². The lowest BCUT2D eigenvalue weighted by molar-refractivity contribution is 0.0912. The van der Waals surface area contributed by atoms with Gasteiger partial charge in [0.05, 0.1) is 0 Å². The number of benzene rings is 1. The highest BCUT2D eigenvalue weighted by molar-refractivity contribution is 5.94. The molecular formula is C13H17FN2O. The Hall–Kier alpha value is -1.42. The van der Waals surface area contributed by atoms with Crippen LogP contribution in [0.2, 0.25) is 0 Å². The summed E-state index contributed by atoms with van der Waals surface area (Å²) in [6.07, 6.45) is 2.11. The highest BCUT2D eigenvalue weighted by atomic mass is 19.1. The van der Waals surface area contributed by atoms with E-state index in [9.17, 15) is 9.18 Å². The van der Waals surface area contributed by atoms with Crippen LogP contribution in [0.4, 0.5) is 4.39 Å². The molecule has 1 saturated heterocycles. The molecule has 17 heavy (non-hydrogen) atoms. The Balaban J connectivity index is 1.94. The highest BCUT2D eigenvalue weighted by Crippen LogP contribution is 2.09. The summed E-state index contributed by atoms with van der Waals surface area (Å²) in [5.41, 5.74) is 0.514. The van der Waals surface area contributed by atoms with Gasteiger partial charge in [-0.3, -0.25) is 4.79 Å². The molecule has 1 aromatic carbocycles. The molecule has 1 heterocycles. The minimum atomic E-state index is -0.320. The Kier molecular flexibility index (Phi) is 3.74. The maximum atomic E-state index is 12.7. The van der Waals surface area contributed by atoms with Crippen LogP contribution in [0.1, 0.15) is 23.2 Å². The Morgan fingerprint density at radius 1 is 1.41 bits per heavy atom.